The zero-order chi connectivity index (χ0) is 22.5. The molecule has 0 aliphatic carbocycles. The lowest BCUT2D eigenvalue weighted by atomic mass is 10.1. The first kappa shape index (κ1) is 22.8. The van der Waals surface area contributed by atoms with Crippen molar-refractivity contribution in [1.82, 2.24) is 14.9 Å². The Balaban J connectivity index is 1.69. The molecule has 1 atom stereocenters. The Hall–Kier alpha value is -2.35. The van der Waals surface area contributed by atoms with E-state index in [0.29, 0.717) is 45.5 Å². The molecule has 8 heteroatoms. The van der Waals surface area contributed by atoms with Crippen LogP contribution in [0, 0.1) is 0 Å². The van der Waals surface area contributed by atoms with Crippen molar-refractivity contribution in [3.05, 3.63) is 69.0 Å². The normalized spacial score (nSPS) is 15.9. The summed E-state index contributed by atoms with van der Waals surface area (Å²) in [4.78, 5) is 30.6. The van der Waals surface area contributed by atoms with Gasteiger partial charge in [0, 0.05) is 29.5 Å². The van der Waals surface area contributed by atoms with Gasteiger partial charge in [0.1, 0.15) is 0 Å². The molecule has 4 rings (SSSR count). The number of benzene rings is 2. The van der Waals surface area contributed by atoms with Crippen molar-refractivity contribution < 1.29 is 9.53 Å². The van der Waals surface area contributed by atoms with Gasteiger partial charge in [0.25, 0.3) is 11.5 Å². The number of nitrogens with one attached hydrogen (secondary N) is 1. The molecule has 1 aliphatic heterocycles. The van der Waals surface area contributed by atoms with Crippen LogP contribution in [0.15, 0.2) is 52.4 Å². The van der Waals surface area contributed by atoms with Crippen molar-refractivity contribution in [2.45, 2.75) is 49.7 Å². The van der Waals surface area contributed by atoms with Gasteiger partial charge >= 0.3 is 0 Å². The van der Waals surface area contributed by atoms with Crippen molar-refractivity contribution in [3.63, 3.8) is 0 Å². The minimum Gasteiger partial charge on any atom is -0.376 e. The molecule has 1 amide bonds. The number of nitrogens with zero attached hydrogens (tertiary/aromatic N) is 2. The molecule has 0 bridgehead atoms. The second kappa shape index (κ2) is 10.5. The number of rotatable bonds is 8. The number of ether oxygens (including phenoxy) is 1. The number of carbonyl (C=O) groups is 1. The number of hydrogen-bond donors (Lipinski definition) is 1. The number of aromatic nitrogens is 2. The monoisotopic (exact) mass is 471 g/mol. The second-order valence-corrected chi connectivity index (χ2v) is 9.23. The van der Waals surface area contributed by atoms with Gasteiger partial charge in [-0.15, -0.1) is 0 Å². The molecule has 1 aliphatic rings. The lowest BCUT2D eigenvalue weighted by molar-refractivity contribution is 0.0937. The molecule has 1 N–H and O–H groups in total. The van der Waals surface area contributed by atoms with Crippen molar-refractivity contribution in [2.75, 3.05) is 13.2 Å². The van der Waals surface area contributed by atoms with Crippen LogP contribution in [0.1, 0.15) is 42.1 Å². The summed E-state index contributed by atoms with van der Waals surface area (Å²) in [7, 11) is 0. The van der Waals surface area contributed by atoms with E-state index in [0.717, 1.165) is 31.4 Å². The van der Waals surface area contributed by atoms with Crippen LogP contribution < -0.4 is 10.9 Å². The summed E-state index contributed by atoms with van der Waals surface area (Å²) in [5, 5.41) is 4.69. The van der Waals surface area contributed by atoms with Crippen LogP contribution in [0.3, 0.4) is 0 Å². The number of amides is 1. The van der Waals surface area contributed by atoms with Gasteiger partial charge in [-0.3, -0.25) is 14.2 Å². The zero-order valence-electron chi connectivity index (χ0n) is 18.0. The molecule has 1 aromatic heterocycles. The number of halogens is 1. The van der Waals surface area contributed by atoms with Crippen molar-refractivity contribution in [3.8, 4) is 0 Å². The Morgan fingerprint density at radius 1 is 1.28 bits per heavy atom. The Bertz CT molecular complexity index is 1160. The van der Waals surface area contributed by atoms with E-state index < -0.39 is 0 Å². The van der Waals surface area contributed by atoms with Crippen molar-refractivity contribution in [1.29, 1.82) is 0 Å². The highest BCUT2D eigenvalue weighted by molar-refractivity contribution is 7.98. The molecule has 168 valence electrons. The topological polar surface area (TPSA) is 73.2 Å². The number of fused-ring (bicyclic) bond motifs is 1. The summed E-state index contributed by atoms with van der Waals surface area (Å²) in [6, 6.07) is 12.7. The number of thioether (sulfide) groups is 1. The third-order valence-corrected chi connectivity index (χ3v) is 6.71. The van der Waals surface area contributed by atoms with Crippen molar-refractivity contribution >= 4 is 40.2 Å². The van der Waals surface area contributed by atoms with Gasteiger partial charge in [0.05, 0.1) is 23.6 Å². The smallest absolute Gasteiger partial charge is 0.262 e. The van der Waals surface area contributed by atoms with Gasteiger partial charge in [0.15, 0.2) is 5.16 Å². The van der Waals surface area contributed by atoms with Gasteiger partial charge in [-0.2, -0.15) is 0 Å². The summed E-state index contributed by atoms with van der Waals surface area (Å²) in [5.41, 5.74) is 2.01. The van der Waals surface area contributed by atoms with Crippen LogP contribution in [-0.4, -0.2) is 34.7 Å². The third kappa shape index (κ3) is 5.34. The minimum absolute atomic E-state index is 0.0147. The molecule has 32 heavy (non-hydrogen) atoms. The van der Waals surface area contributed by atoms with Crippen LogP contribution in [-0.2, 0) is 17.0 Å². The van der Waals surface area contributed by atoms with E-state index in [1.807, 2.05) is 31.2 Å². The molecule has 3 aromatic rings. The van der Waals surface area contributed by atoms with Crippen molar-refractivity contribution in [2.24, 2.45) is 0 Å². The maximum atomic E-state index is 13.4. The second-order valence-electron chi connectivity index (χ2n) is 7.85. The maximum absolute atomic E-state index is 13.4. The van der Waals surface area contributed by atoms with E-state index in [2.05, 4.69) is 5.32 Å². The summed E-state index contributed by atoms with van der Waals surface area (Å²) in [6.07, 6.45) is 2.81. The highest BCUT2D eigenvalue weighted by Crippen LogP contribution is 2.25. The predicted octanol–water partition coefficient (Wildman–Crippen LogP) is 4.66. The molecule has 0 spiro atoms. The highest BCUT2D eigenvalue weighted by atomic mass is 35.5. The largest absolute Gasteiger partial charge is 0.376 e. The fourth-order valence-electron chi connectivity index (χ4n) is 3.67. The van der Waals surface area contributed by atoms with E-state index >= 15 is 0 Å². The van der Waals surface area contributed by atoms with Gasteiger partial charge in [-0.05, 0) is 55.2 Å². The fraction of sp³-hybridized carbons (Fsp3) is 0.375. The Labute approximate surface area is 196 Å². The highest BCUT2D eigenvalue weighted by Gasteiger charge is 2.21. The molecular formula is C24H26ClN3O3S. The first-order valence-electron chi connectivity index (χ1n) is 10.9. The molecule has 6 nitrogen and oxygen atoms in total. The Morgan fingerprint density at radius 3 is 2.81 bits per heavy atom. The molecule has 0 radical (unpaired) electrons. The zero-order valence-corrected chi connectivity index (χ0v) is 19.5. The summed E-state index contributed by atoms with van der Waals surface area (Å²) in [5.74, 6) is 0.492. The molecule has 1 saturated heterocycles. The van der Waals surface area contributed by atoms with E-state index in [1.165, 1.54) is 11.8 Å². The summed E-state index contributed by atoms with van der Waals surface area (Å²) in [6.45, 7) is 3.81. The Kier molecular flexibility index (Phi) is 7.50. The van der Waals surface area contributed by atoms with Gasteiger partial charge < -0.3 is 10.1 Å². The molecule has 1 fully saturated rings. The Morgan fingerprint density at radius 2 is 2.09 bits per heavy atom. The van der Waals surface area contributed by atoms with Crippen LogP contribution in [0.2, 0.25) is 5.02 Å². The summed E-state index contributed by atoms with van der Waals surface area (Å²) < 4.78 is 7.50. The molecular weight excluding hydrogens is 446 g/mol. The minimum atomic E-state index is -0.158. The van der Waals surface area contributed by atoms with E-state index in [-0.39, 0.29) is 17.6 Å². The summed E-state index contributed by atoms with van der Waals surface area (Å²) >= 11 is 7.50. The fourth-order valence-corrected chi connectivity index (χ4v) is 4.76. The average molecular weight is 472 g/mol. The van der Waals surface area contributed by atoms with Crippen LogP contribution >= 0.6 is 23.4 Å². The number of carbonyl (C=O) groups excluding carboxylic acids is 1. The molecule has 0 saturated carbocycles. The van der Waals surface area contributed by atoms with E-state index in [1.54, 1.807) is 22.8 Å². The molecule has 0 unspecified atom stereocenters. The molecule has 2 heterocycles. The number of hydrogen-bond acceptors (Lipinski definition) is 5. The maximum Gasteiger partial charge on any atom is 0.262 e. The predicted molar refractivity (Wildman–Crippen MR) is 129 cm³/mol. The van der Waals surface area contributed by atoms with E-state index in [9.17, 15) is 9.59 Å². The van der Waals surface area contributed by atoms with Gasteiger partial charge in [-0.1, -0.05) is 42.4 Å². The van der Waals surface area contributed by atoms with Gasteiger partial charge in [0.2, 0.25) is 0 Å². The third-order valence-electron chi connectivity index (χ3n) is 5.41. The lowest BCUT2D eigenvalue weighted by Crippen LogP contribution is -2.29. The lowest BCUT2D eigenvalue weighted by Gasteiger charge is -2.17. The van der Waals surface area contributed by atoms with Crippen LogP contribution in [0.5, 0.6) is 0 Å². The SMILES string of the molecule is CCCNC(=O)c1ccc2c(=O)n(C[C@@H]3CCCO3)c(SCc3ccc(Cl)cc3)nc2c1. The standard InChI is InChI=1S/C24H26ClN3O3S/c1-2-11-26-22(29)17-7-10-20-21(13-17)27-24(32-15-16-5-8-18(25)9-6-16)28(23(20)30)14-19-4-3-12-31-19/h5-10,13,19H,2-4,11-12,14-15H2,1H3,(H,26,29)/t19-/m0/s1. The first-order chi connectivity index (χ1) is 15.5. The van der Waals surface area contributed by atoms with Crippen LogP contribution in [0.4, 0.5) is 0 Å². The van der Waals surface area contributed by atoms with E-state index in [4.69, 9.17) is 21.3 Å². The quantitative estimate of drug-likeness (QED) is 0.382. The van der Waals surface area contributed by atoms with Gasteiger partial charge in [-0.25, -0.2) is 4.98 Å². The average Bonchev–Trinajstić information content (AvgIpc) is 3.32. The molecule has 2 aromatic carbocycles. The first-order valence-corrected chi connectivity index (χ1v) is 12.2. The van der Waals surface area contributed by atoms with Crippen LogP contribution in [0.25, 0.3) is 10.9 Å².